The van der Waals surface area contributed by atoms with Crippen molar-refractivity contribution in [3.8, 4) is 11.3 Å². The Bertz CT molecular complexity index is 1070. The van der Waals surface area contributed by atoms with Gasteiger partial charge in [-0.15, -0.1) is 0 Å². The minimum Gasteiger partial charge on any atom is -0.339 e. The minimum absolute atomic E-state index is 0.502. The summed E-state index contributed by atoms with van der Waals surface area (Å²) in [5, 5.41) is 4.47. The van der Waals surface area contributed by atoms with Gasteiger partial charge in [0.15, 0.2) is 5.65 Å². The van der Waals surface area contributed by atoms with Crippen LogP contribution in [0.3, 0.4) is 0 Å². The summed E-state index contributed by atoms with van der Waals surface area (Å²) < 4.78 is 2.02. The fourth-order valence-electron chi connectivity index (χ4n) is 2.91. The van der Waals surface area contributed by atoms with Crippen LogP contribution in [0.1, 0.15) is 12.6 Å². The van der Waals surface area contributed by atoms with Crippen molar-refractivity contribution in [2.45, 2.75) is 13.3 Å². The minimum atomic E-state index is 0.502. The van der Waals surface area contributed by atoms with E-state index >= 15 is 0 Å². The van der Waals surface area contributed by atoms with Gasteiger partial charge in [0.25, 0.3) is 0 Å². The van der Waals surface area contributed by atoms with E-state index in [9.17, 15) is 0 Å². The molecule has 0 fully saturated rings. The van der Waals surface area contributed by atoms with Crippen molar-refractivity contribution in [2.24, 2.45) is 0 Å². The second-order valence-electron chi connectivity index (χ2n) is 5.85. The molecule has 0 amide bonds. The second-order valence-corrected chi connectivity index (χ2v) is 6.66. The van der Waals surface area contributed by atoms with Crippen LogP contribution in [0.25, 0.3) is 16.9 Å². The molecule has 6 heteroatoms. The van der Waals surface area contributed by atoms with Crippen molar-refractivity contribution < 1.29 is 0 Å². The number of anilines is 2. The van der Waals surface area contributed by atoms with Gasteiger partial charge in [-0.05, 0) is 24.6 Å². The zero-order valence-corrected chi connectivity index (χ0v) is 15.6. The Hall–Kier alpha value is -2.56. The summed E-state index contributed by atoms with van der Waals surface area (Å²) in [4.78, 5) is 9.33. The molecule has 130 valence electrons. The van der Waals surface area contributed by atoms with Crippen LogP contribution in [0.2, 0.25) is 10.0 Å². The quantitative estimate of drug-likeness (QED) is 0.469. The van der Waals surface area contributed by atoms with Gasteiger partial charge in [-0.1, -0.05) is 60.5 Å². The number of aryl methyl sites for hydroxylation is 1. The first-order chi connectivity index (χ1) is 12.7. The van der Waals surface area contributed by atoms with Crippen LogP contribution < -0.4 is 5.32 Å². The van der Waals surface area contributed by atoms with Gasteiger partial charge in [0.2, 0.25) is 0 Å². The maximum absolute atomic E-state index is 6.17. The second kappa shape index (κ2) is 6.98. The van der Waals surface area contributed by atoms with Crippen LogP contribution in [0.5, 0.6) is 0 Å². The Morgan fingerprint density at radius 2 is 1.85 bits per heavy atom. The third-order valence-electron chi connectivity index (χ3n) is 4.18. The van der Waals surface area contributed by atoms with E-state index in [1.807, 2.05) is 47.0 Å². The standard InChI is InChI=1S/C20H16Cl2N4/c1-2-17-19-25-18(13-6-4-3-5-7-13)20(26(19)11-10-23-17)24-14-8-9-15(21)16(22)12-14/h3-12,24H,2H2,1H3. The molecule has 0 bridgehead atoms. The summed E-state index contributed by atoms with van der Waals surface area (Å²) >= 11 is 12.2. The van der Waals surface area contributed by atoms with Gasteiger partial charge in [-0.2, -0.15) is 0 Å². The van der Waals surface area contributed by atoms with Crippen LogP contribution in [0, 0.1) is 0 Å². The van der Waals surface area contributed by atoms with Crippen LogP contribution in [-0.4, -0.2) is 14.4 Å². The molecule has 26 heavy (non-hydrogen) atoms. The Morgan fingerprint density at radius 3 is 2.58 bits per heavy atom. The predicted octanol–water partition coefficient (Wildman–Crippen LogP) is 6.01. The lowest BCUT2D eigenvalue weighted by atomic mass is 10.1. The van der Waals surface area contributed by atoms with Crippen LogP contribution >= 0.6 is 23.2 Å². The van der Waals surface area contributed by atoms with Crippen molar-refractivity contribution in [3.05, 3.63) is 76.7 Å². The third kappa shape index (κ3) is 3.02. The predicted molar refractivity (Wildman–Crippen MR) is 108 cm³/mol. The van der Waals surface area contributed by atoms with Crippen LogP contribution in [0.4, 0.5) is 11.5 Å². The fourth-order valence-corrected chi connectivity index (χ4v) is 3.20. The Kier molecular flexibility index (Phi) is 4.53. The molecule has 0 aliphatic rings. The largest absolute Gasteiger partial charge is 0.339 e. The van der Waals surface area contributed by atoms with Crippen LogP contribution in [0.15, 0.2) is 60.9 Å². The molecule has 2 aromatic carbocycles. The molecule has 2 aromatic heterocycles. The van der Waals surface area contributed by atoms with Gasteiger partial charge in [0, 0.05) is 23.6 Å². The van der Waals surface area contributed by atoms with Gasteiger partial charge in [0.05, 0.1) is 15.7 Å². The van der Waals surface area contributed by atoms with Gasteiger partial charge in [-0.3, -0.25) is 9.38 Å². The molecule has 4 rings (SSSR count). The normalized spacial score (nSPS) is 11.0. The molecule has 0 saturated carbocycles. The monoisotopic (exact) mass is 382 g/mol. The number of fused-ring (bicyclic) bond motifs is 1. The summed E-state index contributed by atoms with van der Waals surface area (Å²) in [5.74, 6) is 0.863. The van der Waals surface area contributed by atoms with E-state index in [0.29, 0.717) is 10.0 Å². The van der Waals surface area contributed by atoms with Crippen molar-refractivity contribution in [3.63, 3.8) is 0 Å². The third-order valence-corrected chi connectivity index (χ3v) is 4.92. The number of halogens is 2. The molecule has 0 aliphatic heterocycles. The molecular weight excluding hydrogens is 367 g/mol. The topological polar surface area (TPSA) is 42.2 Å². The maximum atomic E-state index is 6.17. The number of nitrogens with one attached hydrogen (secondary N) is 1. The number of aromatic nitrogens is 3. The summed E-state index contributed by atoms with van der Waals surface area (Å²) in [6.07, 6.45) is 4.51. The molecule has 0 unspecified atom stereocenters. The first-order valence-corrected chi connectivity index (χ1v) is 9.06. The summed E-state index contributed by atoms with van der Waals surface area (Å²) in [5.41, 5.74) is 4.52. The molecule has 2 heterocycles. The molecular formula is C20H16Cl2N4. The number of imidazole rings is 1. The van der Waals surface area contributed by atoms with Crippen molar-refractivity contribution in [1.82, 2.24) is 14.4 Å². The van der Waals surface area contributed by atoms with E-state index in [4.69, 9.17) is 28.2 Å². The van der Waals surface area contributed by atoms with E-state index in [1.54, 1.807) is 18.3 Å². The van der Waals surface area contributed by atoms with E-state index in [0.717, 1.165) is 40.5 Å². The summed E-state index contributed by atoms with van der Waals surface area (Å²) in [7, 11) is 0. The molecule has 1 N–H and O–H groups in total. The smallest absolute Gasteiger partial charge is 0.160 e. The van der Waals surface area contributed by atoms with Gasteiger partial charge in [-0.25, -0.2) is 4.98 Å². The van der Waals surface area contributed by atoms with E-state index in [1.165, 1.54) is 0 Å². The Balaban J connectivity index is 1.92. The number of rotatable bonds is 4. The highest BCUT2D eigenvalue weighted by atomic mass is 35.5. The maximum Gasteiger partial charge on any atom is 0.160 e. The van der Waals surface area contributed by atoms with Crippen molar-refractivity contribution in [2.75, 3.05) is 5.32 Å². The highest BCUT2D eigenvalue weighted by Crippen LogP contribution is 2.33. The van der Waals surface area contributed by atoms with Crippen LogP contribution in [-0.2, 0) is 6.42 Å². The molecule has 0 saturated heterocycles. The lowest BCUT2D eigenvalue weighted by Gasteiger charge is -2.10. The van der Waals surface area contributed by atoms with Crippen molar-refractivity contribution >= 4 is 40.4 Å². The molecule has 0 atom stereocenters. The lowest BCUT2D eigenvalue weighted by Crippen LogP contribution is -1.99. The Labute approximate surface area is 161 Å². The zero-order chi connectivity index (χ0) is 18.1. The lowest BCUT2D eigenvalue weighted by molar-refractivity contribution is 0.995. The Morgan fingerprint density at radius 1 is 1.04 bits per heavy atom. The van der Waals surface area contributed by atoms with E-state index in [-0.39, 0.29) is 0 Å². The van der Waals surface area contributed by atoms with E-state index in [2.05, 4.69) is 17.2 Å². The number of hydrogen-bond donors (Lipinski definition) is 1. The van der Waals surface area contributed by atoms with Gasteiger partial charge in [0.1, 0.15) is 11.5 Å². The SMILES string of the molecule is CCc1nccn2c(Nc3ccc(Cl)c(Cl)c3)c(-c3ccccc3)nc12. The molecule has 0 radical (unpaired) electrons. The molecule has 0 aliphatic carbocycles. The molecule has 0 spiro atoms. The summed E-state index contributed by atoms with van der Waals surface area (Å²) in [6.45, 7) is 2.07. The van der Waals surface area contributed by atoms with E-state index < -0.39 is 0 Å². The summed E-state index contributed by atoms with van der Waals surface area (Å²) in [6, 6.07) is 15.6. The number of nitrogens with zero attached hydrogens (tertiary/aromatic N) is 3. The zero-order valence-electron chi connectivity index (χ0n) is 14.1. The first-order valence-electron chi connectivity index (χ1n) is 8.31. The highest BCUT2D eigenvalue weighted by molar-refractivity contribution is 6.42. The van der Waals surface area contributed by atoms with Gasteiger partial charge >= 0.3 is 0 Å². The highest BCUT2D eigenvalue weighted by Gasteiger charge is 2.17. The first kappa shape index (κ1) is 16.9. The van der Waals surface area contributed by atoms with Gasteiger partial charge < -0.3 is 5.32 Å². The average Bonchev–Trinajstić information content (AvgIpc) is 3.04. The molecule has 4 aromatic rings. The fraction of sp³-hybridized carbons (Fsp3) is 0.100. The molecule has 4 nitrogen and oxygen atoms in total. The number of benzene rings is 2. The van der Waals surface area contributed by atoms with Crippen molar-refractivity contribution in [1.29, 1.82) is 0 Å². The average molecular weight is 383 g/mol. The number of hydrogen-bond acceptors (Lipinski definition) is 3.